The van der Waals surface area contributed by atoms with Crippen LogP contribution in [0.4, 0.5) is 0 Å². The van der Waals surface area contributed by atoms with Crippen LogP contribution in [0.25, 0.3) is 11.0 Å². The van der Waals surface area contributed by atoms with Crippen molar-refractivity contribution in [3.63, 3.8) is 0 Å². The molecule has 1 aromatic heterocycles. The first-order valence-corrected chi connectivity index (χ1v) is 3.12. The van der Waals surface area contributed by atoms with E-state index in [-0.39, 0.29) is 7.43 Å². The van der Waals surface area contributed by atoms with E-state index in [0.29, 0.717) is 0 Å². The molecule has 11 heavy (non-hydrogen) atoms. The summed E-state index contributed by atoms with van der Waals surface area (Å²) in [6.45, 7) is 0. The highest BCUT2D eigenvalue weighted by Crippen LogP contribution is 2.06. The number of para-hydroxylation sites is 1. The lowest BCUT2D eigenvalue weighted by atomic mass is 10.3. The smallest absolute Gasteiger partial charge is 0.113 e. The lowest BCUT2D eigenvalue weighted by Crippen LogP contribution is -1.88. The summed E-state index contributed by atoms with van der Waals surface area (Å²) in [5, 5.41) is 7.79. The zero-order valence-corrected chi connectivity index (χ0v) is 5.65. The molecular formula is C8H11N3. The van der Waals surface area contributed by atoms with E-state index in [2.05, 4.69) is 10.3 Å². The maximum atomic E-state index is 3.93. The number of aryl methyl sites for hydroxylation is 1. The lowest BCUT2D eigenvalue weighted by molar-refractivity contribution is 0.736. The molecule has 2 aromatic rings. The molecule has 0 saturated heterocycles. The third-order valence-electron chi connectivity index (χ3n) is 1.52. The number of rotatable bonds is 0. The fourth-order valence-corrected chi connectivity index (χ4v) is 0.986. The van der Waals surface area contributed by atoms with Crippen LogP contribution >= 0.6 is 0 Å². The molecule has 0 spiro atoms. The Kier molecular flexibility index (Phi) is 1.89. The summed E-state index contributed by atoms with van der Waals surface area (Å²) < 4.78 is 1.76. The van der Waals surface area contributed by atoms with Crippen molar-refractivity contribution in [3.05, 3.63) is 24.3 Å². The molecule has 0 radical (unpaired) electrons. The topological polar surface area (TPSA) is 30.7 Å². The van der Waals surface area contributed by atoms with Crippen LogP contribution in [0.1, 0.15) is 7.43 Å². The van der Waals surface area contributed by atoms with Crippen molar-refractivity contribution < 1.29 is 0 Å². The number of aromatic nitrogens is 3. The molecule has 0 bridgehead atoms. The van der Waals surface area contributed by atoms with Crippen molar-refractivity contribution in [1.29, 1.82) is 0 Å². The van der Waals surface area contributed by atoms with E-state index in [1.807, 2.05) is 31.3 Å². The third-order valence-corrected chi connectivity index (χ3v) is 1.52. The monoisotopic (exact) mass is 149 g/mol. The van der Waals surface area contributed by atoms with Crippen molar-refractivity contribution in [3.8, 4) is 0 Å². The van der Waals surface area contributed by atoms with Crippen LogP contribution in [0, 0.1) is 0 Å². The molecule has 1 aromatic carbocycles. The second-order valence-corrected chi connectivity index (χ2v) is 2.20. The predicted molar refractivity (Wildman–Crippen MR) is 45.2 cm³/mol. The minimum Gasteiger partial charge on any atom is -0.248 e. The van der Waals surface area contributed by atoms with E-state index in [1.165, 1.54) is 0 Å². The number of fused-ring (bicyclic) bond motifs is 1. The van der Waals surface area contributed by atoms with Gasteiger partial charge in [-0.2, -0.15) is 0 Å². The van der Waals surface area contributed by atoms with Gasteiger partial charge < -0.3 is 0 Å². The van der Waals surface area contributed by atoms with Gasteiger partial charge in [0.05, 0.1) is 5.52 Å². The second kappa shape index (κ2) is 2.70. The number of hydrogen-bond donors (Lipinski definition) is 0. The van der Waals surface area contributed by atoms with Crippen LogP contribution in [0.5, 0.6) is 0 Å². The largest absolute Gasteiger partial charge is 0.248 e. The molecule has 0 aliphatic heterocycles. The van der Waals surface area contributed by atoms with E-state index >= 15 is 0 Å². The summed E-state index contributed by atoms with van der Waals surface area (Å²) in [6.07, 6.45) is 0. The standard InChI is InChI=1S/C7H7N3.CH4/c1-10-7-5-3-2-4-6(7)8-9-10;/h2-5H,1H3;1H4. The van der Waals surface area contributed by atoms with E-state index in [0.717, 1.165) is 11.0 Å². The van der Waals surface area contributed by atoms with Crippen molar-refractivity contribution in [2.24, 2.45) is 7.05 Å². The van der Waals surface area contributed by atoms with E-state index in [1.54, 1.807) is 4.68 Å². The normalized spacial score (nSPS) is 9.55. The molecule has 0 amide bonds. The Bertz CT molecular complexity index is 351. The molecule has 2 rings (SSSR count). The molecule has 3 heteroatoms. The quantitative estimate of drug-likeness (QED) is 0.569. The van der Waals surface area contributed by atoms with Gasteiger partial charge in [-0.15, -0.1) is 5.10 Å². The highest BCUT2D eigenvalue weighted by atomic mass is 15.4. The van der Waals surface area contributed by atoms with E-state index in [9.17, 15) is 0 Å². The molecule has 3 nitrogen and oxygen atoms in total. The molecule has 0 aliphatic carbocycles. The van der Waals surface area contributed by atoms with E-state index in [4.69, 9.17) is 0 Å². The summed E-state index contributed by atoms with van der Waals surface area (Å²) in [6, 6.07) is 7.88. The predicted octanol–water partition coefficient (Wildman–Crippen LogP) is 1.60. The summed E-state index contributed by atoms with van der Waals surface area (Å²) in [4.78, 5) is 0. The Labute approximate surface area is 65.6 Å². The molecule has 1 heterocycles. The van der Waals surface area contributed by atoms with Gasteiger partial charge in [0.2, 0.25) is 0 Å². The minimum atomic E-state index is 0. The van der Waals surface area contributed by atoms with Gasteiger partial charge in [0.25, 0.3) is 0 Å². The van der Waals surface area contributed by atoms with Gasteiger partial charge in [-0.25, -0.2) is 4.68 Å². The molecule has 0 atom stereocenters. The summed E-state index contributed by atoms with van der Waals surface area (Å²) in [7, 11) is 1.88. The lowest BCUT2D eigenvalue weighted by Gasteiger charge is -1.87. The van der Waals surface area contributed by atoms with Crippen LogP contribution in [0.15, 0.2) is 24.3 Å². The van der Waals surface area contributed by atoms with Gasteiger partial charge in [0, 0.05) is 7.05 Å². The number of nitrogens with zero attached hydrogens (tertiary/aromatic N) is 3. The first kappa shape index (κ1) is 7.72. The van der Waals surface area contributed by atoms with Crippen LogP contribution in [0.3, 0.4) is 0 Å². The Morgan fingerprint density at radius 3 is 2.73 bits per heavy atom. The Balaban J connectivity index is 0.000000605. The average Bonchev–Trinajstić information content (AvgIpc) is 2.34. The van der Waals surface area contributed by atoms with Crippen molar-refractivity contribution >= 4 is 11.0 Å². The zero-order valence-electron chi connectivity index (χ0n) is 5.65. The Hall–Kier alpha value is -1.38. The fourth-order valence-electron chi connectivity index (χ4n) is 0.986. The van der Waals surface area contributed by atoms with Gasteiger partial charge in [-0.05, 0) is 12.1 Å². The van der Waals surface area contributed by atoms with Gasteiger partial charge in [-0.3, -0.25) is 0 Å². The molecular weight excluding hydrogens is 138 g/mol. The maximum absolute atomic E-state index is 3.93. The van der Waals surface area contributed by atoms with Gasteiger partial charge >= 0.3 is 0 Å². The van der Waals surface area contributed by atoms with Crippen molar-refractivity contribution in [1.82, 2.24) is 15.0 Å². The van der Waals surface area contributed by atoms with Gasteiger partial charge in [0.1, 0.15) is 5.52 Å². The molecule has 0 fully saturated rings. The molecule has 0 N–H and O–H groups in total. The van der Waals surface area contributed by atoms with Gasteiger partial charge in [0.15, 0.2) is 0 Å². The molecule has 0 aliphatic rings. The van der Waals surface area contributed by atoms with Crippen molar-refractivity contribution in [2.45, 2.75) is 7.43 Å². The zero-order chi connectivity index (χ0) is 6.97. The molecule has 58 valence electrons. The SMILES string of the molecule is C.Cn1nnc2ccccc21. The maximum Gasteiger partial charge on any atom is 0.113 e. The third kappa shape index (κ3) is 1.09. The second-order valence-electron chi connectivity index (χ2n) is 2.20. The Morgan fingerprint density at radius 2 is 2.00 bits per heavy atom. The first-order chi connectivity index (χ1) is 4.88. The van der Waals surface area contributed by atoms with Crippen LogP contribution < -0.4 is 0 Å². The van der Waals surface area contributed by atoms with Crippen LogP contribution in [-0.4, -0.2) is 15.0 Å². The van der Waals surface area contributed by atoms with E-state index < -0.39 is 0 Å². The number of hydrogen-bond acceptors (Lipinski definition) is 2. The summed E-state index contributed by atoms with van der Waals surface area (Å²) in [5.41, 5.74) is 2.02. The first-order valence-electron chi connectivity index (χ1n) is 3.12. The van der Waals surface area contributed by atoms with Gasteiger partial charge in [-0.1, -0.05) is 24.8 Å². The minimum absolute atomic E-state index is 0. The highest BCUT2D eigenvalue weighted by Gasteiger charge is 1.95. The van der Waals surface area contributed by atoms with Crippen molar-refractivity contribution in [2.75, 3.05) is 0 Å². The Morgan fingerprint density at radius 1 is 1.27 bits per heavy atom. The average molecular weight is 149 g/mol. The van der Waals surface area contributed by atoms with Crippen LogP contribution in [0.2, 0.25) is 0 Å². The summed E-state index contributed by atoms with van der Waals surface area (Å²) >= 11 is 0. The molecule has 0 unspecified atom stereocenters. The molecule has 0 saturated carbocycles. The highest BCUT2D eigenvalue weighted by molar-refractivity contribution is 5.73. The fraction of sp³-hybridized carbons (Fsp3) is 0.250. The number of benzene rings is 1. The van der Waals surface area contributed by atoms with Crippen LogP contribution in [-0.2, 0) is 7.05 Å². The summed E-state index contributed by atoms with van der Waals surface area (Å²) in [5.74, 6) is 0.